The molecule has 0 bridgehead atoms. The summed E-state index contributed by atoms with van der Waals surface area (Å²) in [5.41, 5.74) is 1.62. The molecular weight excluding hydrogens is 174 g/mol. The normalized spacial score (nSPS) is 8.36. The van der Waals surface area contributed by atoms with Crippen LogP contribution in [0.25, 0.3) is 0 Å². The maximum absolute atomic E-state index is 8.69. The average molecular weight is 185 g/mol. The van der Waals surface area contributed by atoms with Gasteiger partial charge in [-0.1, -0.05) is 12.0 Å². The first-order valence-corrected chi connectivity index (χ1v) is 4.31. The Hall–Kier alpha value is -1.93. The van der Waals surface area contributed by atoms with Crippen molar-refractivity contribution >= 4 is 0 Å². The highest BCUT2D eigenvalue weighted by Crippen LogP contribution is 2.18. The molecule has 0 radical (unpaired) electrons. The van der Waals surface area contributed by atoms with Crippen LogP contribution in [0.3, 0.4) is 0 Å². The highest BCUT2D eigenvalue weighted by Gasteiger charge is 1.99. The van der Waals surface area contributed by atoms with Crippen LogP contribution < -0.4 is 4.74 Å². The Kier molecular flexibility index (Phi) is 3.58. The minimum absolute atomic E-state index is 0.367. The molecule has 0 fully saturated rings. The molecule has 0 aliphatic rings. The quantitative estimate of drug-likeness (QED) is 0.662. The van der Waals surface area contributed by atoms with Crippen LogP contribution in [0, 0.1) is 30.1 Å². The summed E-state index contributed by atoms with van der Waals surface area (Å²) in [4.78, 5) is 0. The number of hydrogen-bond acceptors (Lipinski definition) is 2. The fourth-order valence-electron chi connectivity index (χ4n) is 1.01. The minimum Gasteiger partial charge on any atom is -0.481 e. The summed E-state index contributed by atoms with van der Waals surface area (Å²) in [6, 6.07) is 7.44. The second kappa shape index (κ2) is 4.94. The molecule has 1 aromatic carbocycles. The van der Waals surface area contributed by atoms with Gasteiger partial charge in [0.1, 0.15) is 12.4 Å². The van der Waals surface area contributed by atoms with Crippen molar-refractivity contribution in [1.29, 1.82) is 5.26 Å². The van der Waals surface area contributed by atoms with Gasteiger partial charge < -0.3 is 4.74 Å². The number of nitriles is 1. The number of nitrogens with zero attached hydrogens (tertiary/aromatic N) is 1. The van der Waals surface area contributed by atoms with Crippen molar-refractivity contribution < 1.29 is 4.74 Å². The van der Waals surface area contributed by atoms with Gasteiger partial charge in [-0.05, 0) is 31.5 Å². The Labute approximate surface area is 84.1 Å². The second-order valence-corrected chi connectivity index (χ2v) is 2.81. The van der Waals surface area contributed by atoms with Gasteiger partial charge in [-0.25, -0.2) is 0 Å². The molecule has 0 amide bonds. The molecule has 0 saturated heterocycles. The summed E-state index contributed by atoms with van der Waals surface area (Å²) in [5.74, 6) is 6.28. The Bertz CT molecular complexity index is 418. The van der Waals surface area contributed by atoms with Gasteiger partial charge in [0.25, 0.3) is 0 Å². The highest BCUT2D eigenvalue weighted by molar-refractivity contribution is 5.41. The molecule has 14 heavy (non-hydrogen) atoms. The molecule has 70 valence electrons. The van der Waals surface area contributed by atoms with E-state index < -0.39 is 0 Å². The van der Waals surface area contributed by atoms with Gasteiger partial charge in [-0.2, -0.15) is 5.26 Å². The zero-order valence-corrected chi connectivity index (χ0v) is 8.29. The van der Waals surface area contributed by atoms with Gasteiger partial charge in [0.05, 0.1) is 11.6 Å². The van der Waals surface area contributed by atoms with Crippen molar-refractivity contribution in [1.82, 2.24) is 0 Å². The molecule has 1 rings (SSSR count). The zero-order valence-electron chi connectivity index (χ0n) is 8.29. The molecule has 2 heteroatoms. The van der Waals surface area contributed by atoms with Crippen LogP contribution in [0.1, 0.15) is 18.1 Å². The Morgan fingerprint density at radius 2 is 2.21 bits per heavy atom. The van der Waals surface area contributed by atoms with E-state index in [0.29, 0.717) is 12.2 Å². The molecule has 0 saturated carbocycles. The van der Waals surface area contributed by atoms with Crippen LogP contribution >= 0.6 is 0 Å². The Balaban J connectivity index is 2.83. The summed E-state index contributed by atoms with van der Waals surface area (Å²) < 4.78 is 5.39. The molecule has 0 atom stereocenters. The molecule has 0 spiro atoms. The number of ether oxygens (including phenoxy) is 1. The van der Waals surface area contributed by atoms with Gasteiger partial charge in [-0.3, -0.25) is 0 Å². The summed E-state index contributed by atoms with van der Waals surface area (Å²) in [5, 5.41) is 8.69. The number of hydrogen-bond donors (Lipinski definition) is 0. The van der Waals surface area contributed by atoms with Crippen LogP contribution in [-0.2, 0) is 0 Å². The lowest BCUT2D eigenvalue weighted by atomic mass is 10.1. The lowest BCUT2D eigenvalue weighted by Gasteiger charge is -2.05. The first kappa shape index (κ1) is 10.2. The fraction of sp³-hybridized carbons (Fsp3) is 0.250. The van der Waals surface area contributed by atoms with Crippen molar-refractivity contribution in [2.45, 2.75) is 13.8 Å². The molecule has 0 aliphatic carbocycles. The van der Waals surface area contributed by atoms with E-state index in [9.17, 15) is 0 Å². The molecular formula is C12H11NO. The number of aryl methyl sites for hydroxylation is 1. The van der Waals surface area contributed by atoms with E-state index in [-0.39, 0.29) is 0 Å². The summed E-state index contributed by atoms with van der Waals surface area (Å²) in [7, 11) is 0. The standard InChI is InChI=1S/C12H11NO/c1-3-4-7-14-12-8-11(9-13)6-5-10(12)2/h5-6,8H,7H2,1-2H3. The van der Waals surface area contributed by atoms with Gasteiger partial charge in [0, 0.05) is 0 Å². The van der Waals surface area contributed by atoms with Crippen molar-refractivity contribution in [3.05, 3.63) is 29.3 Å². The summed E-state index contributed by atoms with van der Waals surface area (Å²) >= 11 is 0. The van der Waals surface area contributed by atoms with Crippen molar-refractivity contribution in [2.75, 3.05) is 6.61 Å². The van der Waals surface area contributed by atoms with Crippen LogP contribution in [0.15, 0.2) is 18.2 Å². The van der Waals surface area contributed by atoms with E-state index in [0.717, 1.165) is 11.3 Å². The van der Waals surface area contributed by atoms with Crippen molar-refractivity contribution in [3.63, 3.8) is 0 Å². The highest BCUT2D eigenvalue weighted by atomic mass is 16.5. The third-order valence-corrected chi connectivity index (χ3v) is 1.79. The average Bonchev–Trinajstić information content (AvgIpc) is 2.21. The lowest BCUT2D eigenvalue weighted by molar-refractivity contribution is 0.367. The van der Waals surface area contributed by atoms with E-state index in [2.05, 4.69) is 17.9 Å². The molecule has 0 heterocycles. The summed E-state index contributed by atoms with van der Waals surface area (Å²) in [6.07, 6.45) is 0. The smallest absolute Gasteiger partial charge is 0.149 e. The predicted molar refractivity (Wildman–Crippen MR) is 54.8 cm³/mol. The SMILES string of the molecule is CC#CCOc1cc(C#N)ccc1C. The van der Waals surface area contributed by atoms with E-state index >= 15 is 0 Å². The van der Waals surface area contributed by atoms with E-state index in [1.165, 1.54) is 0 Å². The lowest BCUT2D eigenvalue weighted by Crippen LogP contribution is -1.96. The zero-order chi connectivity index (χ0) is 10.4. The van der Waals surface area contributed by atoms with Gasteiger partial charge >= 0.3 is 0 Å². The van der Waals surface area contributed by atoms with Crippen LogP contribution in [0.4, 0.5) is 0 Å². The second-order valence-electron chi connectivity index (χ2n) is 2.81. The topological polar surface area (TPSA) is 33.0 Å². The molecule has 0 N–H and O–H groups in total. The van der Waals surface area contributed by atoms with E-state index in [1.54, 1.807) is 19.1 Å². The summed E-state index contributed by atoms with van der Waals surface area (Å²) in [6.45, 7) is 4.07. The molecule has 1 aromatic rings. The molecule has 0 aliphatic heterocycles. The first-order chi connectivity index (χ1) is 6.77. The maximum Gasteiger partial charge on any atom is 0.149 e. The van der Waals surface area contributed by atoms with E-state index in [1.807, 2.05) is 13.0 Å². The third kappa shape index (κ3) is 2.54. The third-order valence-electron chi connectivity index (χ3n) is 1.79. The predicted octanol–water partition coefficient (Wildman–Crippen LogP) is 2.27. The minimum atomic E-state index is 0.367. The first-order valence-electron chi connectivity index (χ1n) is 4.31. The van der Waals surface area contributed by atoms with E-state index in [4.69, 9.17) is 10.00 Å². The number of benzene rings is 1. The van der Waals surface area contributed by atoms with Crippen LogP contribution in [0.5, 0.6) is 5.75 Å². The largest absolute Gasteiger partial charge is 0.481 e. The maximum atomic E-state index is 8.69. The van der Waals surface area contributed by atoms with Gasteiger partial charge in [0.2, 0.25) is 0 Å². The number of rotatable bonds is 2. The molecule has 2 nitrogen and oxygen atoms in total. The Morgan fingerprint density at radius 1 is 1.43 bits per heavy atom. The van der Waals surface area contributed by atoms with Crippen LogP contribution in [-0.4, -0.2) is 6.61 Å². The monoisotopic (exact) mass is 185 g/mol. The van der Waals surface area contributed by atoms with Gasteiger partial charge in [-0.15, -0.1) is 5.92 Å². The molecule has 0 aromatic heterocycles. The van der Waals surface area contributed by atoms with Crippen molar-refractivity contribution in [3.8, 4) is 23.7 Å². The van der Waals surface area contributed by atoms with Crippen molar-refractivity contribution in [2.24, 2.45) is 0 Å². The van der Waals surface area contributed by atoms with Gasteiger partial charge in [0.15, 0.2) is 0 Å². The fourth-order valence-corrected chi connectivity index (χ4v) is 1.01. The molecule has 0 unspecified atom stereocenters. The Morgan fingerprint density at radius 3 is 2.86 bits per heavy atom. The van der Waals surface area contributed by atoms with Crippen LogP contribution in [0.2, 0.25) is 0 Å².